The number of carbonyl (C=O) groups excluding carboxylic acids is 2. The summed E-state index contributed by atoms with van der Waals surface area (Å²) in [6.07, 6.45) is 0.535. The van der Waals surface area contributed by atoms with Crippen molar-refractivity contribution in [1.82, 2.24) is 10.2 Å². The number of nitrogens with zero attached hydrogens (tertiary/aromatic N) is 1. The van der Waals surface area contributed by atoms with Gasteiger partial charge in [0.2, 0.25) is 11.8 Å². The van der Waals surface area contributed by atoms with Crippen molar-refractivity contribution >= 4 is 17.8 Å². The number of carboxylic acids is 1. The van der Waals surface area contributed by atoms with Gasteiger partial charge in [-0.05, 0) is 13.3 Å². The molecule has 0 aliphatic carbocycles. The maximum atomic E-state index is 11.4. The number of rotatable bonds is 3. The largest absolute Gasteiger partial charge is 0.481 e. The van der Waals surface area contributed by atoms with E-state index < -0.39 is 23.8 Å². The standard InChI is InChI=1S/C9H14N2O4/c1-5(9(14)15)7(12)10-6-3-4-11(2)8(6)13/h5-6H,3-4H2,1-2H3,(H,10,12)(H,14,15). The molecule has 2 unspecified atom stereocenters. The van der Waals surface area contributed by atoms with Crippen LogP contribution in [0.25, 0.3) is 0 Å². The van der Waals surface area contributed by atoms with Crippen molar-refractivity contribution < 1.29 is 19.5 Å². The van der Waals surface area contributed by atoms with E-state index in [1.165, 1.54) is 11.8 Å². The van der Waals surface area contributed by atoms with Crippen LogP contribution in [-0.4, -0.2) is 47.4 Å². The van der Waals surface area contributed by atoms with Gasteiger partial charge in [-0.25, -0.2) is 0 Å². The molecule has 1 fully saturated rings. The molecule has 2 N–H and O–H groups in total. The van der Waals surface area contributed by atoms with Crippen LogP contribution in [0, 0.1) is 5.92 Å². The highest BCUT2D eigenvalue weighted by molar-refractivity contribution is 5.98. The van der Waals surface area contributed by atoms with Crippen LogP contribution in [0.3, 0.4) is 0 Å². The lowest BCUT2D eigenvalue weighted by Crippen LogP contribution is -2.44. The smallest absolute Gasteiger partial charge is 0.315 e. The van der Waals surface area contributed by atoms with Crippen molar-refractivity contribution in [1.29, 1.82) is 0 Å². The Kier molecular flexibility index (Phi) is 3.28. The highest BCUT2D eigenvalue weighted by Crippen LogP contribution is 2.09. The zero-order valence-electron chi connectivity index (χ0n) is 8.69. The molecule has 0 bridgehead atoms. The molecular formula is C9H14N2O4. The molecule has 0 saturated carbocycles. The summed E-state index contributed by atoms with van der Waals surface area (Å²) in [7, 11) is 1.65. The lowest BCUT2D eigenvalue weighted by Gasteiger charge is -2.13. The first-order valence-electron chi connectivity index (χ1n) is 4.71. The second-order valence-corrected chi connectivity index (χ2v) is 3.67. The van der Waals surface area contributed by atoms with E-state index in [1.807, 2.05) is 0 Å². The minimum atomic E-state index is -1.19. The molecule has 1 heterocycles. The second-order valence-electron chi connectivity index (χ2n) is 3.67. The Morgan fingerprint density at radius 3 is 2.60 bits per heavy atom. The zero-order valence-corrected chi connectivity index (χ0v) is 8.69. The van der Waals surface area contributed by atoms with Crippen LogP contribution in [0.4, 0.5) is 0 Å². The molecule has 0 aromatic heterocycles. The van der Waals surface area contributed by atoms with Crippen LogP contribution < -0.4 is 5.32 Å². The molecule has 0 aromatic rings. The first-order valence-corrected chi connectivity index (χ1v) is 4.71. The van der Waals surface area contributed by atoms with Gasteiger partial charge in [0, 0.05) is 13.6 Å². The van der Waals surface area contributed by atoms with Crippen molar-refractivity contribution in [3.8, 4) is 0 Å². The van der Waals surface area contributed by atoms with Gasteiger partial charge in [-0.3, -0.25) is 14.4 Å². The minimum Gasteiger partial charge on any atom is -0.481 e. The van der Waals surface area contributed by atoms with E-state index in [2.05, 4.69) is 5.32 Å². The van der Waals surface area contributed by atoms with Crippen molar-refractivity contribution in [2.75, 3.05) is 13.6 Å². The lowest BCUT2D eigenvalue weighted by molar-refractivity contribution is -0.147. The number of hydrogen-bond acceptors (Lipinski definition) is 3. The quantitative estimate of drug-likeness (QED) is 0.593. The molecule has 0 spiro atoms. The fourth-order valence-corrected chi connectivity index (χ4v) is 1.37. The molecule has 1 rings (SSSR count). The van der Waals surface area contributed by atoms with Crippen LogP contribution in [-0.2, 0) is 14.4 Å². The van der Waals surface area contributed by atoms with Gasteiger partial charge < -0.3 is 15.3 Å². The summed E-state index contributed by atoms with van der Waals surface area (Å²) in [6, 6.07) is -0.565. The Morgan fingerprint density at radius 1 is 1.60 bits per heavy atom. The number of carboxylic acid groups (broad SMARTS) is 1. The molecule has 2 atom stereocenters. The van der Waals surface area contributed by atoms with Crippen LogP contribution >= 0.6 is 0 Å². The van der Waals surface area contributed by atoms with Crippen LogP contribution in [0.15, 0.2) is 0 Å². The van der Waals surface area contributed by atoms with E-state index in [0.717, 1.165) is 0 Å². The monoisotopic (exact) mass is 214 g/mol. The van der Waals surface area contributed by atoms with E-state index in [-0.39, 0.29) is 5.91 Å². The number of likely N-dealkylation sites (N-methyl/N-ethyl adjacent to an activating group) is 1. The first kappa shape index (κ1) is 11.5. The highest BCUT2D eigenvalue weighted by Gasteiger charge is 2.32. The number of carbonyl (C=O) groups is 3. The van der Waals surface area contributed by atoms with Crippen LogP contribution in [0.2, 0.25) is 0 Å². The SMILES string of the molecule is CC(C(=O)O)C(=O)NC1CCN(C)C1=O. The Hall–Kier alpha value is -1.59. The third-order valence-corrected chi connectivity index (χ3v) is 2.51. The Bertz CT molecular complexity index is 302. The fourth-order valence-electron chi connectivity index (χ4n) is 1.37. The zero-order chi connectivity index (χ0) is 11.6. The third kappa shape index (κ3) is 2.45. The fraction of sp³-hybridized carbons (Fsp3) is 0.667. The molecule has 0 aromatic carbocycles. The summed E-state index contributed by atoms with van der Waals surface area (Å²) in [4.78, 5) is 34.7. The van der Waals surface area contributed by atoms with Crippen LogP contribution in [0.1, 0.15) is 13.3 Å². The minimum absolute atomic E-state index is 0.166. The third-order valence-electron chi connectivity index (χ3n) is 2.51. The number of aliphatic carboxylic acids is 1. The molecular weight excluding hydrogens is 200 g/mol. The van der Waals surface area contributed by atoms with Crippen LogP contribution in [0.5, 0.6) is 0 Å². The summed E-state index contributed by atoms with van der Waals surface area (Å²) in [5, 5.41) is 11.0. The number of amides is 2. The number of hydrogen-bond donors (Lipinski definition) is 2. The van der Waals surface area contributed by atoms with Crippen molar-refractivity contribution in [2.24, 2.45) is 5.92 Å². The molecule has 1 saturated heterocycles. The number of nitrogens with one attached hydrogen (secondary N) is 1. The summed E-state index contributed by atoms with van der Waals surface area (Å²) < 4.78 is 0. The van der Waals surface area contributed by atoms with E-state index in [9.17, 15) is 14.4 Å². The van der Waals surface area contributed by atoms with E-state index in [0.29, 0.717) is 13.0 Å². The molecule has 2 amide bonds. The van der Waals surface area contributed by atoms with Crippen molar-refractivity contribution in [3.63, 3.8) is 0 Å². The highest BCUT2D eigenvalue weighted by atomic mass is 16.4. The predicted molar refractivity (Wildman–Crippen MR) is 51.0 cm³/mol. The summed E-state index contributed by atoms with van der Waals surface area (Å²) >= 11 is 0. The molecule has 6 heteroatoms. The molecule has 1 aliphatic rings. The van der Waals surface area contributed by atoms with Gasteiger partial charge in [-0.1, -0.05) is 0 Å². The first-order chi connectivity index (χ1) is 6.93. The van der Waals surface area contributed by atoms with Gasteiger partial charge in [0.25, 0.3) is 0 Å². The van der Waals surface area contributed by atoms with Gasteiger partial charge in [0.05, 0.1) is 0 Å². The summed E-state index contributed by atoms with van der Waals surface area (Å²) in [6.45, 7) is 1.88. The van der Waals surface area contributed by atoms with E-state index in [1.54, 1.807) is 7.05 Å². The van der Waals surface area contributed by atoms with Gasteiger partial charge in [0.15, 0.2) is 0 Å². The topological polar surface area (TPSA) is 86.7 Å². The number of likely N-dealkylation sites (tertiary alicyclic amines) is 1. The van der Waals surface area contributed by atoms with Gasteiger partial charge in [0.1, 0.15) is 12.0 Å². The van der Waals surface area contributed by atoms with Gasteiger partial charge in [-0.2, -0.15) is 0 Å². The molecule has 15 heavy (non-hydrogen) atoms. The molecule has 84 valence electrons. The van der Waals surface area contributed by atoms with E-state index >= 15 is 0 Å². The Morgan fingerprint density at radius 2 is 2.20 bits per heavy atom. The maximum Gasteiger partial charge on any atom is 0.315 e. The Labute approximate surface area is 87.2 Å². The van der Waals surface area contributed by atoms with Gasteiger partial charge >= 0.3 is 5.97 Å². The summed E-state index contributed by atoms with van der Waals surface area (Å²) in [5.74, 6) is -3.09. The van der Waals surface area contributed by atoms with Gasteiger partial charge in [-0.15, -0.1) is 0 Å². The molecule has 1 aliphatic heterocycles. The average Bonchev–Trinajstić information content (AvgIpc) is 2.48. The second kappa shape index (κ2) is 4.29. The lowest BCUT2D eigenvalue weighted by atomic mass is 10.1. The Balaban J connectivity index is 2.52. The molecule has 0 radical (unpaired) electrons. The summed E-state index contributed by atoms with van der Waals surface area (Å²) in [5.41, 5.74) is 0. The normalized spacial score (nSPS) is 22.7. The molecule has 6 nitrogen and oxygen atoms in total. The van der Waals surface area contributed by atoms with E-state index in [4.69, 9.17) is 5.11 Å². The van der Waals surface area contributed by atoms with Crippen molar-refractivity contribution in [2.45, 2.75) is 19.4 Å². The van der Waals surface area contributed by atoms with Crippen molar-refractivity contribution in [3.05, 3.63) is 0 Å². The maximum absolute atomic E-state index is 11.4. The predicted octanol–water partition coefficient (Wildman–Crippen LogP) is -0.946. The average molecular weight is 214 g/mol.